The van der Waals surface area contributed by atoms with Gasteiger partial charge in [-0.1, -0.05) is 43.4 Å². The van der Waals surface area contributed by atoms with Crippen LogP contribution in [0.25, 0.3) is 6.08 Å². The molecule has 1 fully saturated rings. The highest BCUT2D eigenvalue weighted by molar-refractivity contribution is 8.26. The van der Waals surface area contributed by atoms with E-state index in [-0.39, 0.29) is 5.91 Å². The molecule has 0 aliphatic carbocycles. The van der Waals surface area contributed by atoms with E-state index in [0.717, 1.165) is 18.4 Å². The molecule has 0 radical (unpaired) electrons. The first kappa shape index (κ1) is 19.5. The number of amides is 1. The van der Waals surface area contributed by atoms with Crippen molar-refractivity contribution in [2.75, 3.05) is 13.7 Å². The van der Waals surface area contributed by atoms with Crippen LogP contribution in [0.15, 0.2) is 45.9 Å². The van der Waals surface area contributed by atoms with Crippen LogP contribution in [0.4, 0.5) is 0 Å². The minimum atomic E-state index is -0.122. The second-order valence-corrected chi connectivity index (χ2v) is 7.64. The number of benzene rings is 1. The lowest BCUT2D eigenvalue weighted by Crippen LogP contribution is -2.27. The first-order valence-electron chi connectivity index (χ1n) is 8.71. The van der Waals surface area contributed by atoms with Crippen molar-refractivity contribution in [2.45, 2.75) is 26.3 Å². The molecule has 7 heteroatoms. The third-order valence-corrected chi connectivity index (χ3v) is 5.39. The molecule has 0 N–H and O–H groups in total. The Kier molecular flexibility index (Phi) is 6.58. The lowest BCUT2D eigenvalue weighted by atomic mass is 10.2. The lowest BCUT2D eigenvalue weighted by molar-refractivity contribution is -0.122. The van der Waals surface area contributed by atoms with Crippen LogP contribution >= 0.6 is 24.0 Å². The molecule has 2 aromatic rings. The number of ether oxygens (including phenoxy) is 2. The van der Waals surface area contributed by atoms with E-state index >= 15 is 0 Å². The van der Waals surface area contributed by atoms with Gasteiger partial charge in [-0.15, -0.1) is 0 Å². The maximum absolute atomic E-state index is 12.7. The SMILES string of the molecule is CCCCOc1ccc(C=C2SC(=S)N(Cc3ccco3)C2=O)cc1OC. The molecule has 1 aromatic carbocycles. The topological polar surface area (TPSA) is 51.9 Å². The van der Waals surface area contributed by atoms with Crippen molar-refractivity contribution in [1.29, 1.82) is 0 Å². The number of unbranched alkanes of at least 4 members (excludes halogenated alkanes) is 1. The molecule has 0 unspecified atom stereocenters. The van der Waals surface area contributed by atoms with Crippen molar-refractivity contribution in [1.82, 2.24) is 4.90 Å². The van der Waals surface area contributed by atoms with Gasteiger partial charge in [-0.25, -0.2) is 0 Å². The van der Waals surface area contributed by atoms with Gasteiger partial charge in [0.15, 0.2) is 11.5 Å². The van der Waals surface area contributed by atoms with Gasteiger partial charge in [0.2, 0.25) is 0 Å². The third kappa shape index (κ3) is 4.73. The summed E-state index contributed by atoms with van der Waals surface area (Å²) in [5.41, 5.74) is 0.855. The Morgan fingerprint density at radius 3 is 2.85 bits per heavy atom. The van der Waals surface area contributed by atoms with E-state index < -0.39 is 0 Å². The van der Waals surface area contributed by atoms with Crippen LogP contribution in [0.2, 0.25) is 0 Å². The molecule has 1 aromatic heterocycles. The fourth-order valence-corrected chi connectivity index (χ4v) is 3.82. The van der Waals surface area contributed by atoms with Gasteiger partial charge in [-0.05, 0) is 42.3 Å². The largest absolute Gasteiger partial charge is 0.493 e. The Morgan fingerprint density at radius 2 is 2.15 bits per heavy atom. The highest BCUT2D eigenvalue weighted by Crippen LogP contribution is 2.35. The molecule has 2 heterocycles. The first-order valence-corrected chi connectivity index (χ1v) is 9.93. The predicted octanol–water partition coefficient (Wildman–Crippen LogP) is 4.87. The van der Waals surface area contributed by atoms with Crippen LogP contribution in [0.3, 0.4) is 0 Å². The average Bonchev–Trinajstić information content (AvgIpc) is 3.27. The van der Waals surface area contributed by atoms with Crippen molar-refractivity contribution >= 4 is 40.3 Å². The summed E-state index contributed by atoms with van der Waals surface area (Å²) in [6.07, 6.45) is 5.46. The minimum absolute atomic E-state index is 0.122. The molecule has 1 aliphatic heterocycles. The van der Waals surface area contributed by atoms with Gasteiger partial charge in [0.1, 0.15) is 10.1 Å². The van der Waals surface area contributed by atoms with Crippen LogP contribution in [-0.4, -0.2) is 28.8 Å². The van der Waals surface area contributed by atoms with Gasteiger partial charge < -0.3 is 13.9 Å². The summed E-state index contributed by atoms with van der Waals surface area (Å²) in [6, 6.07) is 9.25. The number of thioether (sulfide) groups is 1. The number of rotatable bonds is 8. The van der Waals surface area contributed by atoms with Crippen molar-refractivity contribution in [3.63, 3.8) is 0 Å². The summed E-state index contributed by atoms with van der Waals surface area (Å²) in [5.74, 6) is 1.92. The Hall–Kier alpha value is -2.25. The number of nitrogens with zero attached hydrogens (tertiary/aromatic N) is 1. The molecular weight excluding hydrogens is 382 g/mol. The fourth-order valence-electron chi connectivity index (χ4n) is 2.57. The second-order valence-electron chi connectivity index (χ2n) is 5.96. The zero-order valence-corrected chi connectivity index (χ0v) is 16.9. The predicted molar refractivity (Wildman–Crippen MR) is 111 cm³/mol. The molecule has 0 atom stereocenters. The van der Waals surface area contributed by atoms with E-state index in [1.165, 1.54) is 11.8 Å². The summed E-state index contributed by atoms with van der Waals surface area (Å²) in [5, 5.41) is 0. The number of hydrogen-bond acceptors (Lipinski definition) is 6. The highest BCUT2D eigenvalue weighted by atomic mass is 32.2. The van der Waals surface area contributed by atoms with Crippen molar-refractivity contribution < 1.29 is 18.7 Å². The molecule has 142 valence electrons. The Morgan fingerprint density at radius 1 is 1.30 bits per heavy atom. The number of furan rings is 1. The van der Waals surface area contributed by atoms with Crippen LogP contribution in [0.5, 0.6) is 11.5 Å². The van der Waals surface area contributed by atoms with Crippen molar-refractivity contribution in [2.24, 2.45) is 0 Å². The molecule has 27 heavy (non-hydrogen) atoms. The maximum Gasteiger partial charge on any atom is 0.266 e. The average molecular weight is 404 g/mol. The molecule has 1 saturated heterocycles. The number of methoxy groups -OCH3 is 1. The summed E-state index contributed by atoms with van der Waals surface area (Å²) in [6.45, 7) is 3.10. The van der Waals surface area contributed by atoms with Crippen LogP contribution in [-0.2, 0) is 11.3 Å². The fraction of sp³-hybridized carbons (Fsp3) is 0.300. The minimum Gasteiger partial charge on any atom is -0.493 e. The van der Waals surface area contributed by atoms with E-state index in [0.29, 0.717) is 39.6 Å². The van der Waals surface area contributed by atoms with Crippen LogP contribution < -0.4 is 9.47 Å². The Balaban J connectivity index is 1.75. The summed E-state index contributed by atoms with van der Waals surface area (Å²) >= 11 is 6.64. The van der Waals surface area contributed by atoms with Gasteiger partial charge in [-0.2, -0.15) is 0 Å². The van der Waals surface area contributed by atoms with Gasteiger partial charge in [0.25, 0.3) is 5.91 Å². The van der Waals surface area contributed by atoms with E-state index in [4.69, 9.17) is 26.1 Å². The normalized spacial score (nSPS) is 15.6. The molecule has 1 amide bonds. The molecule has 3 rings (SSSR count). The molecule has 1 aliphatic rings. The number of carbonyl (C=O) groups excluding carboxylic acids is 1. The standard InChI is InChI=1S/C20H21NO4S2/c1-3-4-9-25-16-8-7-14(11-17(16)23-2)12-18-19(22)21(20(26)27-18)13-15-6-5-10-24-15/h5-8,10-12H,3-4,9,13H2,1-2H3. The molecule has 0 spiro atoms. The highest BCUT2D eigenvalue weighted by Gasteiger charge is 2.32. The van der Waals surface area contributed by atoms with Gasteiger partial charge in [-0.3, -0.25) is 9.69 Å². The summed E-state index contributed by atoms with van der Waals surface area (Å²) in [7, 11) is 1.61. The van der Waals surface area contributed by atoms with E-state index in [1.807, 2.05) is 30.3 Å². The van der Waals surface area contributed by atoms with Crippen LogP contribution in [0.1, 0.15) is 31.1 Å². The van der Waals surface area contributed by atoms with Crippen molar-refractivity contribution in [3.05, 3.63) is 52.8 Å². The second kappa shape index (κ2) is 9.10. The molecule has 0 bridgehead atoms. The smallest absolute Gasteiger partial charge is 0.266 e. The van der Waals surface area contributed by atoms with E-state index in [1.54, 1.807) is 24.3 Å². The van der Waals surface area contributed by atoms with E-state index in [9.17, 15) is 4.79 Å². The quantitative estimate of drug-likeness (QED) is 0.356. The molecule has 0 saturated carbocycles. The number of thiocarbonyl (C=S) groups is 1. The maximum atomic E-state index is 12.7. The van der Waals surface area contributed by atoms with Crippen LogP contribution in [0, 0.1) is 0 Å². The Bertz CT molecular complexity index is 846. The zero-order valence-electron chi connectivity index (χ0n) is 15.3. The van der Waals surface area contributed by atoms with Gasteiger partial charge >= 0.3 is 0 Å². The number of hydrogen-bond donors (Lipinski definition) is 0. The zero-order chi connectivity index (χ0) is 19.2. The van der Waals surface area contributed by atoms with Gasteiger partial charge in [0, 0.05) is 0 Å². The summed E-state index contributed by atoms with van der Waals surface area (Å²) < 4.78 is 17.0. The Labute approximate surface area is 168 Å². The number of carbonyl (C=O) groups is 1. The summed E-state index contributed by atoms with van der Waals surface area (Å²) in [4.78, 5) is 14.8. The molecular formula is C20H21NO4S2. The third-order valence-electron chi connectivity index (χ3n) is 4.01. The van der Waals surface area contributed by atoms with E-state index in [2.05, 4.69) is 6.92 Å². The molecule has 5 nitrogen and oxygen atoms in total. The monoisotopic (exact) mass is 403 g/mol. The van der Waals surface area contributed by atoms with Crippen molar-refractivity contribution in [3.8, 4) is 11.5 Å². The first-order chi connectivity index (χ1) is 13.1. The lowest BCUT2D eigenvalue weighted by Gasteiger charge is -2.12. The van der Waals surface area contributed by atoms with Gasteiger partial charge in [0.05, 0.1) is 31.4 Å².